The normalized spacial score (nSPS) is 6.67. The Balaban J connectivity index is -0.0000000720. The maximum atomic E-state index is 8.89. The van der Waals surface area contributed by atoms with Gasteiger partial charge in [0.1, 0.15) is 0 Å². The summed E-state index contributed by atoms with van der Waals surface area (Å²) in [6.45, 7) is 0.972. The van der Waals surface area contributed by atoms with Crippen molar-refractivity contribution >= 4 is 17.3 Å². The van der Waals surface area contributed by atoms with E-state index in [9.17, 15) is 0 Å². The fraction of sp³-hybridized carbons (Fsp3) is 0.500. The van der Waals surface area contributed by atoms with Crippen molar-refractivity contribution in [1.29, 1.82) is 0 Å². The molecule has 0 fully saturated rings. The molecule has 5 nitrogen and oxygen atoms in total. The molecule has 0 saturated heterocycles. The van der Waals surface area contributed by atoms with Crippen LogP contribution in [0.3, 0.4) is 0 Å². The Morgan fingerprint density at radius 2 is 1.56 bits per heavy atom. The average Bonchev–Trinajstić information content (AvgIpc) is 1.25. The van der Waals surface area contributed by atoms with Crippen LogP contribution < -0.4 is 56.5 Å². The molecule has 0 spiro atoms. The van der Waals surface area contributed by atoms with E-state index in [2.05, 4.69) is 0 Å². The van der Waals surface area contributed by atoms with E-state index in [0.717, 1.165) is 6.92 Å². The molecule has 0 radical (unpaired) electrons. The number of aliphatic carboxylic acids is 1. The Morgan fingerprint density at radius 1 is 1.56 bits per heavy atom. The van der Waals surface area contributed by atoms with Crippen molar-refractivity contribution in [3.8, 4) is 0 Å². The van der Waals surface area contributed by atoms with Crippen molar-refractivity contribution in [1.82, 2.24) is 0 Å². The van der Waals surface area contributed by atoms with Crippen molar-refractivity contribution in [2.45, 2.75) is 6.92 Å². The Hall–Kier alpha value is 1.18. The predicted octanol–water partition coefficient (Wildman–Crippen LogP) is -4.56. The van der Waals surface area contributed by atoms with Gasteiger partial charge in [-0.25, -0.2) is 0 Å². The molecule has 0 aliphatic rings. The van der Waals surface area contributed by atoms with Crippen LogP contribution in [0.5, 0.6) is 0 Å². The monoisotopic (exact) mass is 180 g/mol. The summed E-state index contributed by atoms with van der Waals surface area (Å²) >= 11 is -2.61. The molecule has 2 N–H and O–H groups in total. The second-order valence-corrected chi connectivity index (χ2v) is 1.18. The molecular weight excluding hydrogens is 175 g/mol. The first-order valence-electron chi connectivity index (χ1n) is 1.44. The number of carbonyl (C=O) groups is 1. The molecule has 0 heterocycles. The summed E-state index contributed by atoms with van der Waals surface area (Å²) in [5.41, 5.74) is 0. The van der Waals surface area contributed by atoms with Crippen LogP contribution >= 0.6 is 0 Å². The molecule has 9 heavy (non-hydrogen) atoms. The Morgan fingerprint density at radius 3 is 1.56 bits per heavy atom. The number of hydrogen-bond acceptors (Lipinski definition) is 3. The van der Waals surface area contributed by atoms with E-state index in [4.69, 9.17) is 23.2 Å². The second-order valence-electron chi connectivity index (χ2n) is 0.722. The minimum absolute atomic E-state index is 0. The number of carbonyl (C=O) groups excluding carboxylic acids is 1. The fourth-order valence-corrected chi connectivity index (χ4v) is 0. The van der Waals surface area contributed by atoms with Crippen molar-refractivity contribution in [3.63, 3.8) is 0 Å². The van der Waals surface area contributed by atoms with Crippen LogP contribution in [0.4, 0.5) is 0 Å². The largest absolute Gasteiger partial charge is 1.00 e. The molecular formula is C2H5KO5S. The molecule has 0 aliphatic heterocycles. The molecule has 50 valence electrons. The zero-order valence-electron chi connectivity index (χ0n) is 5.03. The van der Waals surface area contributed by atoms with Crippen LogP contribution in [-0.2, 0) is 16.2 Å². The van der Waals surface area contributed by atoms with Gasteiger partial charge in [-0.05, 0) is 6.92 Å². The first kappa shape index (κ1) is 16.6. The van der Waals surface area contributed by atoms with E-state index < -0.39 is 17.3 Å². The molecule has 0 saturated carbocycles. The molecule has 0 unspecified atom stereocenters. The van der Waals surface area contributed by atoms with Crippen LogP contribution in [0.2, 0.25) is 0 Å². The number of carboxylic acid groups (broad SMARTS) is 1. The maximum absolute atomic E-state index is 8.89. The third-order valence-corrected chi connectivity index (χ3v) is 0. The molecule has 0 atom stereocenters. The van der Waals surface area contributed by atoms with E-state index in [1.54, 1.807) is 0 Å². The van der Waals surface area contributed by atoms with Crippen LogP contribution in [0.25, 0.3) is 0 Å². The first-order chi connectivity index (χ1) is 3.46. The minimum atomic E-state index is -2.61. The van der Waals surface area contributed by atoms with Crippen molar-refractivity contribution < 1.29 is 74.6 Å². The quantitative estimate of drug-likeness (QED) is 0.289. The van der Waals surface area contributed by atoms with Gasteiger partial charge in [-0.2, -0.15) is 4.21 Å². The Labute approximate surface area is 97.4 Å². The van der Waals surface area contributed by atoms with E-state index in [1.165, 1.54) is 0 Å². The zero-order chi connectivity index (χ0) is 7.15. The molecule has 0 aliphatic carbocycles. The van der Waals surface area contributed by atoms with Crippen molar-refractivity contribution in [2.75, 3.05) is 0 Å². The summed E-state index contributed by atoms with van der Waals surface area (Å²) < 4.78 is 22.8. The van der Waals surface area contributed by atoms with Crippen LogP contribution in [-0.4, -0.2) is 19.3 Å². The summed E-state index contributed by atoms with van der Waals surface area (Å²) in [7, 11) is 0. The fourth-order valence-electron chi connectivity index (χ4n) is 0. The number of rotatable bonds is 0. The second kappa shape index (κ2) is 11.9. The van der Waals surface area contributed by atoms with Crippen LogP contribution in [0, 0.1) is 0 Å². The molecule has 0 bridgehead atoms. The van der Waals surface area contributed by atoms with Gasteiger partial charge in [0.05, 0.1) is 0 Å². The number of carboxylic acids is 1. The third kappa shape index (κ3) is 342. The van der Waals surface area contributed by atoms with E-state index >= 15 is 0 Å². The third-order valence-electron chi connectivity index (χ3n) is 0. The van der Waals surface area contributed by atoms with Gasteiger partial charge in [0.15, 0.2) is 0 Å². The molecule has 0 aromatic rings. The maximum Gasteiger partial charge on any atom is 1.00 e. The summed E-state index contributed by atoms with van der Waals surface area (Å²) in [5.74, 6) is -1.08. The van der Waals surface area contributed by atoms with Crippen LogP contribution in [0.15, 0.2) is 0 Å². The molecule has 0 aromatic carbocycles. The molecule has 0 rings (SSSR count). The smallest absolute Gasteiger partial charge is 0.550 e. The summed E-state index contributed by atoms with van der Waals surface area (Å²) in [6.07, 6.45) is 0. The average molecular weight is 180 g/mol. The summed E-state index contributed by atoms with van der Waals surface area (Å²) in [6, 6.07) is 0. The molecule has 0 aromatic heterocycles. The van der Waals surface area contributed by atoms with Gasteiger partial charge in [-0.3, -0.25) is 9.11 Å². The Bertz CT molecular complexity index is 73.0. The first-order valence-corrected chi connectivity index (χ1v) is 2.50. The standard InChI is InChI=1S/C2H4O2.K.H2O3S/c1-2(3)4;;1-4(2)3/h1H3,(H,3,4);;(H2,1,2,3)/q;+1;/p-1. The van der Waals surface area contributed by atoms with Crippen molar-refractivity contribution in [3.05, 3.63) is 0 Å². The van der Waals surface area contributed by atoms with Gasteiger partial charge in [-0.15, -0.1) is 0 Å². The number of hydrogen-bond donors (Lipinski definition) is 2. The van der Waals surface area contributed by atoms with Gasteiger partial charge >= 0.3 is 51.4 Å². The van der Waals surface area contributed by atoms with Gasteiger partial charge in [0.2, 0.25) is 0 Å². The summed E-state index contributed by atoms with van der Waals surface area (Å²) in [4.78, 5) is 8.89. The van der Waals surface area contributed by atoms with Crippen molar-refractivity contribution in [2.24, 2.45) is 0 Å². The van der Waals surface area contributed by atoms with Gasteiger partial charge < -0.3 is 9.90 Å². The van der Waals surface area contributed by atoms with Gasteiger partial charge in [0.25, 0.3) is 11.4 Å². The van der Waals surface area contributed by atoms with E-state index in [1.807, 2.05) is 0 Å². The van der Waals surface area contributed by atoms with E-state index in [-0.39, 0.29) is 51.4 Å². The van der Waals surface area contributed by atoms with Gasteiger partial charge in [0, 0.05) is 5.97 Å². The molecule has 7 heteroatoms. The predicted molar refractivity (Wildman–Crippen MR) is 24.1 cm³/mol. The van der Waals surface area contributed by atoms with Gasteiger partial charge in [-0.1, -0.05) is 0 Å². The zero-order valence-corrected chi connectivity index (χ0v) is 8.97. The van der Waals surface area contributed by atoms with E-state index in [0.29, 0.717) is 0 Å². The summed E-state index contributed by atoms with van der Waals surface area (Å²) in [5, 5.41) is 8.89. The molecule has 0 amide bonds. The van der Waals surface area contributed by atoms with Crippen LogP contribution in [0.1, 0.15) is 6.92 Å². The topological polar surface area (TPSA) is 97.7 Å². The Kier molecular flexibility index (Phi) is 22.0. The minimum Gasteiger partial charge on any atom is -0.550 e. The SMILES string of the molecule is CC(=O)[O-].O=S(O)O.[K+].